The van der Waals surface area contributed by atoms with Gasteiger partial charge in [-0.2, -0.15) is 0 Å². The largest absolute Gasteiger partial charge is 0.493 e. The highest BCUT2D eigenvalue weighted by Gasteiger charge is 2.29. The fraction of sp³-hybridized carbons (Fsp3) is 0.333. The summed E-state index contributed by atoms with van der Waals surface area (Å²) in [7, 11) is 3.05. The number of carbonyl (C=O) groups is 2. The van der Waals surface area contributed by atoms with Crippen molar-refractivity contribution in [3.05, 3.63) is 58.1 Å². The van der Waals surface area contributed by atoms with Crippen molar-refractivity contribution in [2.45, 2.75) is 25.9 Å². The van der Waals surface area contributed by atoms with E-state index in [-0.39, 0.29) is 25.0 Å². The van der Waals surface area contributed by atoms with Gasteiger partial charge in [0.15, 0.2) is 18.1 Å². The molecule has 0 aliphatic heterocycles. The maximum Gasteiger partial charge on any atom is 0.261 e. The summed E-state index contributed by atoms with van der Waals surface area (Å²) in [6.07, 6.45) is 0.419. The molecule has 0 unspecified atom stereocenters. The van der Waals surface area contributed by atoms with Crippen LogP contribution in [0.1, 0.15) is 18.9 Å². The lowest BCUT2D eigenvalue weighted by atomic mass is 10.1. The van der Waals surface area contributed by atoms with E-state index in [0.29, 0.717) is 33.5 Å². The maximum absolute atomic E-state index is 13.1. The minimum Gasteiger partial charge on any atom is -0.493 e. The summed E-state index contributed by atoms with van der Waals surface area (Å²) in [5.74, 6) is 0.301. The predicted molar refractivity (Wildman–Crippen MR) is 114 cm³/mol. The third-order valence-electron chi connectivity index (χ3n) is 4.44. The van der Waals surface area contributed by atoms with E-state index in [1.165, 1.54) is 19.1 Å². The van der Waals surface area contributed by atoms with E-state index >= 15 is 0 Å². The van der Waals surface area contributed by atoms with Gasteiger partial charge >= 0.3 is 0 Å². The number of para-hydroxylation sites is 2. The quantitative estimate of drug-likeness (QED) is 0.643. The molecule has 29 heavy (non-hydrogen) atoms. The molecular weight excluding hydrogens is 415 g/mol. The minimum atomic E-state index is -0.693. The van der Waals surface area contributed by atoms with Crippen LogP contribution in [0.4, 0.5) is 0 Å². The van der Waals surface area contributed by atoms with Gasteiger partial charge < -0.3 is 19.7 Å². The third kappa shape index (κ3) is 5.78. The van der Waals surface area contributed by atoms with E-state index in [4.69, 9.17) is 32.7 Å². The first-order chi connectivity index (χ1) is 13.9. The first-order valence-electron chi connectivity index (χ1n) is 9.12. The fourth-order valence-electron chi connectivity index (χ4n) is 2.90. The number of amides is 2. The Kier molecular flexibility index (Phi) is 8.61. The first kappa shape index (κ1) is 22.8. The highest BCUT2D eigenvalue weighted by atomic mass is 35.5. The SMILES string of the molecule is CC[C@H](C(=O)NC)N(Cc1c(Cl)cccc1Cl)C(=O)COc1ccccc1OC. The molecular formula is C21H24Cl2N2O4. The van der Waals surface area contributed by atoms with Crippen molar-refractivity contribution >= 4 is 35.0 Å². The molecule has 2 aromatic rings. The van der Waals surface area contributed by atoms with Crippen LogP contribution in [0.3, 0.4) is 0 Å². The van der Waals surface area contributed by atoms with Crippen molar-refractivity contribution in [1.29, 1.82) is 0 Å². The normalized spacial score (nSPS) is 11.5. The Morgan fingerprint density at radius 2 is 1.69 bits per heavy atom. The summed E-state index contributed by atoms with van der Waals surface area (Å²) >= 11 is 12.6. The molecule has 0 aliphatic carbocycles. The number of methoxy groups -OCH3 is 1. The monoisotopic (exact) mass is 438 g/mol. The Morgan fingerprint density at radius 3 is 2.24 bits per heavy atom. The van der Waals surface area contributed by atoms with Crippen molar-refractivity contribution < 1.29 is 19.1 Å². The number of benzene rings is 2. The number of carbonyl (C=O) groups excluding carboxylic acids is 2. The molecule has 2 rings (SSSR count). The van der Waals surface area contributed by atoms with Gasteiger partial charge in [0.1, 0.15) is 6.04 Å². The lowest BCUT2D eigenvalue weighted by Crippen LogP contribution is -2.49. The van der Waals surface area contributed by atoms with Crippen molar-refractivity contribution in [2.75, 3.05) is 20.8 Å². The van der Waals surface area contributed by atoms with E-state index < -0.39 is 6.04 Å². The van der Waals surface area contributed by atoms with Crippen LogP contribution in [0.2, 0.25) is 10.0 Å². The van der Waals surface area contributed by atoms with E-state index in [0.717, 1.165) is 0 Å². The minimum absolute atomic E-state index is 0.0819. The first-order valence-corrected chi connectivity index (χ1v) is 9.88. The molecule has 0 saturated carbocycles. The van der Waals surface area contributed by atoms with Gasteiger partial charge in [-0.3, -0.25) is 9.59 Å². The molecule has 2 amide bonds. The molecule has 1 atom stereocenters. The van der Waals surface area contributed by atoms with Crippen LogP contribution in [-0.4, -0.2) is 43.5 Å². The molecule has 0 aromatic heterocycles. The second-order valence-electron chi connectivity index (χ2n) is 6.20. The van der Waals surface area contributed by atoms with Crippen LogP contribution in [-0.2, 0) is 16.1 Å². The standard InChI is InChI=1S/C21H24Cl2N2O4/c1-4-17(21(27)24-2)25(12-14-15(22)8-7-9-16(14)23)20(26)13-29-19-11-6-5-10-18(19)28-3/h5-11,17H,4,12-13H2,1-3H3,(H,24,27)/t17-/m1/s1. The Balaban J connectivity index is 2.28. The van der Waals surface area contributed by atoms with Gasteiger partial charge in [0, 0.05) is 29.2 Å². The predicted octanol–water partition coefficient (Wildman–Crippen LogP) is 3.93. The summed E-state index contributed by atoms with van der Waals surface area (Å²) in [5.41, 5.74) is 0.573. The van der Waals surface area contributed by atoms with E-state index in [9.17, 15) is 9.59 Å². The van der Waals surface area contributed by atoms with Crippen molar-refractivity contribution in [3.63, 3.8) is 0 Å². The van der Waals surface area contributed by atoms with E-state index in [1.807, 2.05) is 6.92 Å². The second kappa shape index (κ2) is 10.9. The van der Waals surface area contributed by atoms with Gasteiger partial charge in [0.05, 0.1) is 7.11 Å². The average Bonchev–Trinajstić information content (AvgIpc) is 2.73. The highest BCUT2D eigenvalue weighted by Crippen LogP contribution is 2.28. The summed E-state index contributed by atoms with van der Waals surface area (Å²) in [5, 5.41) is 3.45. The van der Waals surface area contributed by atoms with Crippen LogP contribution >= 0.6 is 23.2 Å². The van der Waals surface area contributed by atoms with Gasteiger partial charge in [-0.25, -0.2) is 0 Å². The Morgan fingerprint density at radius 1 is 1.07 bits per heavy atom. The number of likely N-dealkylation sites (N-methyl/N-ethyl adjacent to an activating group) is 1. The van der Waals surface area contributed by atoms with Crippen molar-refractivity contribution in [3.8, 4) is 11.5 Å². The number of hydrogen-bond acceptors (Lipinski definition) is 4. The third-order valence-corrected chi connectivity index (χ3v) is 5.15. The zero-order valence-corrected chi connectivity index (χ0v) is 18.1. The smallest absolute Gasteiger partial charge is 0.261 e. The number of rotatable bonds is 9. The second-order valence-corrected chi connectivity index (χ2v) is 7.01. The molecule has 1 N–H and O–H groups in total. The summed E-state index contributed by atoms with van der Waals surface area (Å²) in [4.78, 5) is 26.9. The molecule has 6 nitrogen and oxygen atoms in total. The molecule has 2 aromatic carbocycles. The maximum atomic E-state index is 13.1. The molecule has 0 saturated heterocycles. The van der Waals surface area contributed by atoms with Gasteiger partial charge in [0.25, 0.3) is 5.91 Å². The Hall–Kier alpha value is -2.44. The number of hydrogen-bond donors (Lipinski definition) is 1. The molecule has 0 heterocycles. The topological polar surface area (TPSA) is 67.9 Å². The lowest BCUT2D eigenvalue weighted by molar-refractivity contribution is -0.142. The van der Waals surface area contributed by atoms with Gasteiger partial charge in [0.2, 0.25) is 5.91 Å². The van der Waals surface area contributed by atoms with Crippen LogP contribution in [0, 0.1) is 0 Å². The molecule has 0 spiro atoms. The highest BCUT2D eigenvalue weighted by molar-refractivity contribution is 6.36. The van der Waals surface area contributed by atoms with Gasteiger partial charge in [-0.05, 0) is 30.7 Å². The number of nitrogens with one attached hydrogen (secondary N) is 1. The van der Waals surface area contributed by atoms with Crippen LogP contribution in [0.25, 0.3) is 0 Å². The molecule has 0 aliphatic rings. The summed E-state index contributed by atoms with van der Waals surface area (Å²) < 4.78 is 10.9. The van der Waals surface area contributed by atoms with Gasteiger partial charge in [-0.15, -0.1) is 0 Å². The molecule has 0 fully saturated rings. The van der Waals surface area contributed by atoms with Crippen LogP contribution in [0.5, 0.6) is 11.5 Å². The van der Waals surface area contributed by atoms with Crippen molar-refractivity contribution in [1.82, 2.24) is 10.2 Å². The summed E-state index contributed by atoms with van der Waals surface area (Å²) in [6, 6.07) is 11.4. The van der Waals surface area contributed by atoms with E-state index in [1.54, 1.807) is 42.5 Å². The molecule has 0 radical (unpaired) electrons. The number of ether oxygens (including phenoxy) is 2. The number of halogens is 2. The molecule has 0 bridgehead atoms. The summed E-state index contributed by atoms with van der Waals surface area (Å²) in [6.45, 7) is 1.64. The molecule has 8 heteroatoms. The average molecular weight is 439 g/mol. The molecule has 156 valence electrons. The Bertz CT molecular complexity index is 840. The van der Waals surface area contributed by atoms with Crippen molar-refractivity contribution in [2.24, 2.45) is 0 Å². The zero-order chi connectivity index (χ0) is 21.4. The van der Waals surface area contributed by atoms with Gasteiger partial charge in [-0.1, -0.05) is 48.3 Å². The Labute approximate surface area is 180 Å². The zero-order valence-electron chi connectivity index (χ0n) is 16.6. The fourth-order valence-corrected chi connectivity index (χ4v) is 3.42. The number of nitrogens with zero attached hydrogens (tertiary/aromatic N) is 1. The van der Waals surface area contributed by atoms with E-state index in [2.05, 4.69) is 5.32 Å². The lowest BCUT2D eigenvalue weighted by Gasteiger charge is -2.30. The van der Waals surface area contributed by atoms with Crippen LogP contribution < -0.4 is 14.8 Å². The van der Waals surface area contributed by atoms with Crippen LogP contribution in [0.15, 0.2) is 42.5 Å².